The van der Waals surface area contributed by atoms with Gasteiger partial charge in [0.1, 0.15) is 11.6 Å². The van der Waals surface area contributed by atoms with E-state index in [2.05, 4.69) is 0 Å². The molecule has 0 saturated heterocycles. The molecule has 100 valence electrons. The fourth-order valence-corrected chi connectivity index (χ4v) is 2.04. The van der Waals surface area contributed by atoms with E-state index >= 15 is 0 Å². The number of nitrogens with two attached hydrogens (primary N) is 1. The van der Waals surface area contributed by atoms with Crippen molar-refractivity contribution in [2.24, 2.45) is 5.73 Å². The Kier molecular flexibility index (Phi) is 4.27. The molecule has 0 radical (unpaired) electrons. The minimum Gasteiger partial charge on any atom is -0.324 e. The summed E-state index contributed by atoms with van der Waals surface area (Å²) in [5.41, 5.74) is 8.68. The minimum absolute atomic E-state index is 0.135. The minimum atomic E-state index is -0.234. The average Bonchev–Trinajstić information content (AvgIpc) is 2.41. The summed E-state index contributed by atoms with van der Waals surface area (Å²) >= 11 is 0. The van der Waals surface area contributed by atoms with Gasteiger partial charge < -0.3 is 5.73 Å². The molecule has 1 atom stereocenters. The first-order valence-corrected chi connectivity index (χ1v) is 6.32. The van der Waals surface area contributed by atoms with Gasteiger partial charge >= 0.3 is 0 Å². The third kappa shape index (κ3) is 3.61. The normalized spacial score (nSPS) is 12.4. The van der Waals surface area contributed by atoms with Crippen molar-refractivity contribution in [2.45, 2.75) is 25.8 Å². The Morgan fingerprint density at radius 3 is 2.37 bits per heavy atom. The highest BCUT2D eigenvalue weighted by molar-refractivity contribution is 5.26. The molecule has 0 aromatic heterocycles. The molecule has 0 aliphatic rings. The Labute approximate surface area is 112 Å². The van der Waals surface area contributed by atoms with Gasteiger partial charge in [-0.1, -0.05) is 24.3 Å². The highest BCUT2D eigenvalue weighted by Crippen LogP contribution is 2.19. The number of hydrogen-bond acceptors (Lipinski definition) is 1. The fourth-order valence-electron chi connectivity index (χ4n) is 2.04. The molecule has 0 saturated carbocycles. The fraction of sp³-hybridized carbons (Fsp3) is 0.250. The molecule has 0 aliphatic heterocycles. The van der Waals surface area contributed by atoms with Crippen LogP contribution in [-0.4, -0.2) is 0 Å². The summed E-state index contributed by atoms with van der Waals surface area (Å²) in [6.07, 6.45) is 1.52. The molecule has 2 aromatic carbocycles. The van der Waals surface area contributed by atoms with Gasteiger partial charge in [0, 0.05) is 6.04 Å². The van der Waals surface area contributed by atoms with Crippen LogP contribution in [0.5, 0.6) is 0 Å². The van der Waals surface area contributed by atoms with Crippen molar-refractivity contribution in [2.75, 3.05) is 0 Å². The first-order valence-electron chi connectivity index (χ1n) is 6.32. The molecular formula is C16H17F2N. The molecule has 2 aromatic rings. The van der Waals surface area contributed by atoms with Gasteiger partial charge in [0.2, 0.25) is 0 Å². The number of rotatable bonds is 4. The van der Waals surface area contributed by atoms with Gasteiger partial charge in [0.05, 0.1) is 0 Å². The lowest BCUT2D eigenvalue weighted by molar-refractivity contribution is 0.609. The van der Waals surface area contributed by atoms with E-state index in [0.29, 0.717) is 5.56 Å². The lowest BCUT2D eigenvalue weighted by Gasteiger charge is -2.13. The predicted molar refractivity (Wildman–Crippen MR) is 72.8 cm³/mol. The second-order valence-corrected chi connectivity index (χ2v) is 4.78. The third-order valence-corrected chi connectivity index (χ3v) is 3.27. The molecule has 2 N–H and O–H groups in total. The highest BCUT2D eigenvalue weighted by Gasteiger charge is 2.08. The zero-order chi connectivity index (χ0) is 13.8. The van der Waals surface area contributed by atoms with E-state index in [1.54, 1.807) is 31.2 Å². The summed E-state index contributed by atoms with van der Waals surface area (Å²) in [6, 6.07) is 11.2. The topological polar surface area (TPSA) is 26.0 Å². The first kappa shape index (κ1) is 13.7. The maximum atomic E-state index is 13.2. The van der Waals surface area contributed by atoms with Crippen molar-refractivity contribution in [1.29, 1.82) is 0 Å². The van der Waals surface area contributed by atoms with E-state index in [4.69, 9.17) is 5.73 Å². The van der Waals surface area contributed by atoms with Crippen LogP contribution in [0.4, 0.5) is 8.78 Å². The molecule has 3 heteroatoms. The van der Waals surface area contributed by atoms with Crippen LogP contribution in [0.25, 0.3) is 0 Å². The standard InChI is InChI=1S/C16H17F2N/c1-11-10-13(5-8-15(11)18)16(19)9-4-12-2-6-14(17)7-3-12/h2-3,5-8,10,16H,4,9,19H2,1H3. The SMILES string of the molecule is Cc1cc(C(N)CCc2ccc(F)cc2)ccc1F. The summed E-state index contributed by atoms with van der Waals surface area (Å²) in [4.78, 5) is 0. The van der Waals surface area contributed by atoms with E-state index in [0.717, 1.165) is 24.0 Å². The number of benzene rings is 2. The van der Waals surface area contributed by atoms with E-state index < -0.39 is 0 Å². The summed E-state index contributed by atoms with van der Waals surface area (Å²) in [7, 11) is 0. The monoisotopic (exact) mass is 261 g/mol. The van der Waals surface area contributed by atoms with Gasteiger partial charge in [-0.15, -0.1) is 0 Å². The maximum absolute atomic E-state index is 13.2. The second-order valence-electron chi connectivity index (χ2n) is 4.78. The van der Waals surface area contributed by atoms with Crippen LogP contribution in [-0.2, 0) is 6.42 Å². The summed E-state index contributed by atoms with van der Waals surface area (Å²) < 4.78 is 25.9. The lowest BCUT2D eigenvalue weighted by atomic mass is 9.98. The Hall–Kier alpha value is -1.74. The van der Waals surface area contributed by atoms with Crippen LogP contribution in [0.1, 0.15) is 29.2 Å². The zero-order valence-corrected chi connectivity index (χ0v) is 10.9. The van der Waals surface area contributed by atoms with Gasteiger partial charge in [-0.2, -0.15) is 0 Å². The van der Waals surface area contributed by atoms with Crippen LogP contribution >= 0.6 is 0 Å². The molecule has 1 unspecified atom stereocenters. The molecule has 0 fully saturated rings. The molecule has 0 bridgehead atoms. The number of halogens is 2. The van der Waals surface area contributed by atoms with Gasteiger partial charge in [0.25, 0.3) is 0 Å². The first-order chi connectivity index (χ1) is 9.06. The highest BCUT2D eigenvalue weighted by atomic mass is 19.1. The molecule has 0 heterocycles. The summed E-state index contributed by atoms with van der Waals surface area (Å²) in [5.74, 6) is -0.448. The van der Waals surface area contributed by atoms with Gasteiger partial charge in [-0.25, -0.2) is 8.78 Å². The van der Waals surface area contributed by atoms with Crippen molar-refractivity contribution >= 4 is 0 Å². The molecule has 0 spiro atoms. The average molecular weight is 261 g/mol. The molecule has 2 rings (SSSR count). The largest absolute Gasteiger partial charge is 0.324 e. The molecule has 0 aliphatic carbocycles. The number of hydrogen-bond donors (Lipinski definition) is 1. The molecule has 0 amide bonds. The van der Waals surface area contributed by atoms with Crippen molar-refractivity contribution in [3.63, 3.8) is 0 Å². The predicted octanol–water partition coefficient (Wildman–Crippen LogP) is 3.91. The Morgan fingerprint density at radius 1 is 1.05 bits per heavy atom. The van der Waals surface area contributed by atoms with E-state index in [1.165, 1.54) is 18.2 Å². The van der Waals surface area contributed by atoms with Crippen LogP contribution in [0.3, 0.4) is 0 Å². The molecular weight excluding hydrogens is 244 g/mol. The van der Waals surface area contributed by atoms with Crippen molar-refractivity contribution < 1.29 is 8.78 Å². The van der Waals surface area contributed by atoms with Gasteiger partial charge in [-0.05, 0) is 54.7 Å². The van der Waals surface area contributed by atoms with Gasteiger partial charge in [0.15, 0.2) is 0 Å². The smallest absolute Gasteiger partial charge is 0.126 e. The maximum Gasteiger partial charge on any atom is 0.126 e. The van der Waals surface area contributed by atoms with E-state index in [-0.39, 0.29) is 17.7 Å². The Balaban J connectivity index is 1.98. The van der Waals surface area contributed by atoms with Crippen molar-refractivity contribution in [3.8, 4) is 0 Å². The lowest BCUT2D eigenvalue weighted by Crippen LogP contribution is -2.11. The number of aryl methyl sites for hydroxylation is 2. The Morgan fingerprint density at radius 2 is 1.74 bits per heavy atom. The van der Waals surface area contributed by atoms with Crippen molar-refractivity contribution in [3.05, 3.63) is 70.8 Å². The second kappa shape index (κ2) is 5.93. The van der Waals surface area contributed by atoms with E-state index in [9.17, 15) is 8.78 Å². The quantitative estimate of drug-likeness (QED) is 0.887. The van der Waals surface area contributed by atoms with E-state index in [1.807, 2.05) is 0 Å². The van der Waals surface area contributed by atoms with Crippen LogP contribution in [0.2, 0.25) is 0 Å². The Bertz CT molecular complexity index is 549. The summed E-state index contributed by atoms with van der Waals surface area (Å²) in [5, 5.41) is 0. The van der Waals surface area contributed by atoms with Crippen molar-refractivity contribution in [1.82, 2.24) is 0 Å². The molecule has 1 nitrogen and oxygen atoms in total. The summed E-state index contributed by atoms with van der Waals surface area (Å²) in [6.45, 7) is 1.73. The van der Waals surface area contributed by atoms with Gasteiger partial charge in [-0.3, -0.25) is 0 Å². The van der Waals surface area contributed by atoms with Crippen LogP contribution in [0, 0.1) is 18.6 Å². The molecule has 19 heavy (non-hydrogen) atoms. The zero-order valence-electron chi connectivity index (χ0n) is 10.9. The third-order valence-electron chi connectivity index (χ3n) is 3.27. The van der Waals surface area contributed by atoms with Crippen LogP contribution in [0.15, 0.2) is 42.5 Å². The van der Waals surface area contributed by atoms with Crippen LogP contribution < -0.4 is 5.73 Å².